The molecule has 2 aromatic carbocycles. The molecule has 0 atom stereocenters. The Bertz CT molecular complexity index is 1140. The molecule has 31 heavy (non-hydrogen) atoms. The van der Waals surface area contributed by atoms with Crippen LogP contribution in [0.15, 0.2) is 53.6 Å². The van der Waals surface area contributed by atoms with Crippen LogP contribution in [-0.4, -0.2) is 22.8 Å². The third-order valence-corrected chi connectivity index (χ3v) is 4.71. The number of hydrazone groups is 1. The molecule has 0 radical (unpaired) electrons. The second-order valence-electron chi connectivity index (χ2n) is 6.72. The number of nitrogens with zero attached hydrogens (tertiary/aromatic N) is 3. The standard InChI is InChI=1S/C21H19F3N4O3/c1-13-10-15(14(2)27(13)17-5-7-18(31-3)8-6-17)12-25-26-19-9-4-16(21(22,23)24)11-20(19)28(29)30/h4-12,26H,1-3H3/b25-12-. The number of benzene rings is 2. The van der Waals surface area contributed by atoms with Gasteiger partial charge >= 0.3 is 6.18 Å². The molecule has 1 aromatic heterocycles. The summed E-state index contributed by atoms with van der Waals surface area (Å²) < 4.78 is 45.6. The number of hydrogen-bond donors (Lipinski definition) is 1. The van der Waals surface area contributed by atoms with Gasteiger partial charge in [-0.05, 0) is 56.3 Å². The van der Waals surface area contributed by atoms with Crippen molar-refractivity contribution in [3.05, 3.63) is 81.2 Å². The Labute approximate surface area is 175 Å². The molecule has 0 fully saturated rings. The third-order valence-electron chi connectivity index (χ3n) is 4.71. The minimum Gasteiger partial charge on any atom is -0.497 e. The van der Waals surface area contributed by atoms with Crippen molar-refractivity contribution in [2.24, 2.45) is 5.10 Å². The van der Waals surface area contributed by atoms with E-state index in [1.54, 1.807) is 7.11 Å². The summed E-state index contributed by atoms with van der Waals surface area (Å²) in [6.45, 7) is 3.81. The molecule has 0 saturated carbocycles. The number of anilines is 1. The fourth-order valence-electron chi connectivity index (χ4n) is 3.17. The van der Waals surface area contributed by atoms with Crippen LogP contribution in [0.1, 0.15) is 22.5 Å². The molecule has 162 valence electrons. The smallest absolute Gasteiger partial charge is 0.416 e. The summed E-state index contributed by atoms with van der Waals surface area (Å²) in [5, 5.41) is 15.2. The number of ether oxygens (including phenoxy) is 1. The monoisotopic (exact) mass is 432 g/mol. The predicted molar refractivity (Wildman–Crippen MR) is 111 cm³/mol. The van der Waals surface area contributed by atoms with Gasteiger partial charge in [0.25, 0.3) is 5.69 Å². The van der Waals surface area contributed by atoms with Crippen LogP contribution in [0.4, 0.5) is 24.5 Å². The SMILES string of the molecule is COc1ccc(-n2c(C)cc(/C=N\Nc3ccc(C(F)(F)F)cc3[N+](=O)[O-])c2C)cc1. The maximum atomic E-state index is 12.8. The zero-order chi connectivity index (χ0) is 22.8. The van der Waals surface area contributed by atoms with E-state index in [2.05, 4.69) is 10.5 Å². The van der Waals surface area contributed by atoms with Crippen molar-refractivity contribution in [1.29, 1.82) is 0 Å². The Morgan fingerprint density at radius 1 is 1.13 bits per heavy atom. The van der Waals surface area contributed by atoms with Crippen LogP contribution in [0.3, 0.4) is 0 Å². The van der Waals surface area contributed by atoms with E-state index in [1.165, 1.54) is 6.21 Å². The highest BCUT2D eigenvalue weighted by Crippen LogP contribution is 2.35. The van der Waals surface area contributed by atoms with Gasteiger partial charge in [-0.2, -0.15) is 18.3 Å². The molecule has 0 aliphatic rings. The van der Waals surface area contributed by atoms with Gasteiger partial charge in [0.15, 0.2) is 0 Å². The average Bonchev–Trinajstić information content (AvgIpc) is 3.00. The Hall–Kier alpha value is -3.82. The highest BCUT2D eigenvalue weighted by molar-refractivity contribution is 5.83. The summed E-state index contributed by atoms with van der Waals surface area (Å²) in [6.07, 6.45) is -3.21. The van der Waals surface area contributed by atoms with Gasteiger partial charge < -0.3 is 9.30 Å². The summed E-state index contributed by atoms with van der Waals surface area (Å²) in [5.74, 6) is 0.732. The van der Waals surface area contributed by atoms with E-state index >= 15 is 0 Å². The van der Waals surface area contributed by atoms with Gasteiger partial charge in [0.05, 0.1) is 23.8 Å². The van der Waals surface area contributed by atoms with Crippen molar-refractivity contribution < 1.29 is 22.8 Å². The van der Waals surface area contributed by atoms with Gasteiger partial charge in [0.2, 0.25) is 0 Å². The number of aromatic nitrogens is 1. The van der Waals surface area contributed by atoms with Crippen molar-refractivity contribution in [3.63, 3.8) is 0 Å². The second-order valence-corrected chi connectivity index (χ2v) is 6.72. The van der Waals surface area contributed by atoms with Crippen LogP contribution in [-0.2, 0) is 6.18 Å². The molecule has 1 N–H and O–H groups in total. The number of nitrogens with one attached hydrogen (secondary N) is 1. The zero-order valence-corrected chi connectivity index (χ0v) is 16.9. The Balaban J connectivity index is 1.86. The van der Waals surface area contributed by atoms with Crippen molar-refractivity contribution in [2.75, 3.05) is 12.5 Å². The largest absolute Gasteiger partial charge is 0.497 e. The Kier molecular flexibility index (Phi) is 6.00. The molecular weight excluding hydrogens is 413 g/mol. The van der Waals surface area contributed by atoms with E-state index in [1.807, 2.05) is 48.7 Å². The van der Waals surface area contributed by atoms with E-state index in [0.717, 1.165) is 40.5 Å². The quantitative estimate of drug-likeness (QED) is 0.318. The van der Waals surface area contributed by atoms with Crippen molar-refractivity contribution in [2.45, 2.75) is 20.0 Å². The second kappa shape index (κ2) is 8.50. The number of aryl methyl sites for hydroxylation is 1. The maximum absolute atomic E-state index is 12.8. The molecule has 10 heteroatoms. The van der Waals surface area contributed by atoms with Crippen LogP contribution in [0, 0.1) is 24.0 Å². The fourth-order valence-corrected chi connectivity index (χ4v) is 3.17. The van der Waals surface area contributed by atoms with Crippen LogP contribution in [0.25, 0.3) is 5.69 Å². The lowest BCUT2D eigenvalue weighted by atomic mass is 10.1. The molecule has 3 rings (SSSR count). The molecular formula is C21H19F3N4O3. The minimum absolute atomic E-state index is 0.141. The molecule has 0 bridgehead atoms. The number of nitro groups is 1. The minimum atomic E-state index is -4.68. The van der Waals surface area contributed by atoms with Gasteiger partial charge in [-0.1, -0.05) is 0 Å². The van der Waals surface area contributed by atoms with Crippen molar-refractivity contribution in [1.82, 2.24) is 4.57 Å². The number of rotatable bonds is 6. The van der Waals surface area contributed by atoms with E-state index < -0.39 is 22.4 Å². The zero-order valence-electron chi connectivity index (χ0n) is 16.9. The molecule has 0 saturated heterocycles. The highest BCUT2D eigenvalue weighted by Gasteiger charge is 2.33. The molecule has 1 heterocycles. The first kappa shape index (κ1) is 21.9. The molecule has 0 unspecified atom stereocenters. The first-order valence-corrected chi connectivity index (χ1v) is 9.10. The third kappa shape index (κ3) is 4.68. The van der Waals surface area contributed by atoms with E-state index in [0.29, 0.717) is 6.07 Å². The summed E-state index contributed by atoms with van der Waals surface area (Å²) in [6, 6.07) is 11.6. The molecule has 7 nitrogen and oxygen atoms in total. The number of nitro benzene ring substituents is 1. The van der Waals surface area contributed by atoms with Gasteiger partial charge in [0.1, 0.15) is 11.4 Å². The van der Waals surface area contributed by atoms with E-state index in [-0.39, 0.29) is 5.69 Å². The highest BCUT2D eigenvalue weighted by atomic mass is 19.4. The number of hydrogen-bond acceptors (Lipinski definition) is 5. The molecule has 0 spiro atoms. The lowest BCUT2D eigenvalue weighted by Gasteiger charge is -2.10. The molecule has 3 aromatic rings. The van der Waals surface area contributed by atoms with Gasteiger partial charge in [-0.25, -0.2) is 0 Å². The van der Waals surface area contributed by atoms with Gasteiger partial charge in [0, 0.05) is 28.7 Å². The normalized spacial score (nSPS) is 11.7. The number of halogens is 3. The van der Waals surface area contributed by atoms with Crippen LogP contribution in [0.5, 0.6) is 5.75 Å². The molecule has 0 aliphatic heterocycles. The van der Waals surface area contributed by atoms with Crippen LogP contribution in [0.2, 0.25) is 0 Å². The summed E-state index contributed by atoms with van der Waals surface area (Å²) in [4.78, 5) is 10.3. The predicted octanol–water partition coefficient (Wildman–Crippen LogP) is 5.48. The van der Waals surface area contributed by atoms with Crippen molar-refractivity contribution in [3.8, 4) is 11.4 Å². The first-order chi connectivity index (χ1) is 14.6. The van der Waals surface area contributed by atoms with E-state index in [9.17, 15) is 23.3 Å². The van der Waals surface area contributed by atoms with Crippen LogP contribution < -0.4 is 10.2 Å². The Morgan fingerprint density at radius 3 is 2.39 bits per heavy atom. The summed E-state index contributed by atoms with van der Waals surface area (Å²) >= 11 is 0. The molecule has 0 aliphatic carbocycles. The van der Waals surface area contributed by atoms with E-state index in [4.69, 9.17) is 4.74 Å². The Morgan fingerprint density at radius 2 is 1.81 bits per heavy atom. The number of alkyl halides is 3. The topological polar surface area (TPSA) is 81.7 Å². The molecule has 0 amide bonds. The lowest BCUT2D eigenvalue weighted by molar-refractivity contribution is -0.384. The number of methoxy groups -OCH3 is 1. The van der Waals surface area contributed by atoms with Gasteiger partial charge in [-0.15, -0.1) is 0 Å². The lowest BCUT2D eigenvalue weighted by Crippen LogP contribution is -2.06. The fraction of sp³-hybridized carbons (Fsp3) is 0.190. The average molecular weight is 432 g/mol. The first-order valence-electron chi connectivity index (χ1n) is 9.10. The van der Waals surface area contributed by atoms with Crippen molar-refractivity contribution >= 4 is 17.6 Å². The van der Waals surface area contributed by atoms with Gasteiger partial charge in [-0.3, -0.25) is 15.5 Å². The summed E-state index contributed by atoms with van der Waals surface area (Å²) in [7, 11) is 1.59. The maximum Gasteiger partial charge on any atom is 0.416 e. The summed E-state index contributed by atoms with van der Waals surface area (Å²) in [5.41, 5.74) is 3.98. The van der Waals surface area contributed by atoms with Crippen LogP contribution >= 0.6 is 0 Å².